The van der Waals surface area contributed by atoms with Crippen molar-refractivity contribution in [3.8, 4) is 0 Å². The molecule has 0 saturated heterocycles. The zero-order chi connectivity index (χ0) is 43.3. The van der Waals surface area contributed by atoms with Crippen LogP contribution in [0.15, 0.2) is 106 Å². The Labute approximate surface area is 343 Å². The second kappa shape index (κ2) is 20.3. The van der Waals surface area contributed by atoms with Gasteiger partial charge in [0.2, 0.25) is 0 Å². The number of carbonyl (C=O) groups is 8. The van der Waals surface area contributed by atoms with E-state index < -0.39 is 23.5 Å². The number of hydrogen-bond acceptors (Lipinski definition) is 12. The number of para-hydroxylation sites is 1. The van der Waals surface area contributed by atoms with Crippen molar-refractivity contribution in [3.05, 3.63) is 147 Å². The zero-order valence-corrected chi connectivity index (χ0v) is 32.9. The van der Waals surface area contributed by atoms with Gasteiger partial charge in [0, 0.05) is 46.2 Å². The number of unbranched alkanes of at least 4 members (excludes halogenated alkanes) is 2. The molecule has 0 saturated carbocycles. The Hall–Kier alpha value is -7.42. The van der Waals surface area contributed by atoms with E-state index in [0.29, 0.717) is 83.3 Å². The molecule has 3 heterocycles. The third kappa shape index (κ3) is 10.9. The second-order valence-electron chi connectivity index (χ2n) is 13.7. The van der Waals surface area contributed by atoms with Crippen LogP contribution >= 0.6 is 0 Å². The van der Waals surface area contributed by atoms with Crippen molar-refractivity contribution in [3.63, 3.8) is 0 Å². The molecule has 4 amide bonds. The minimum Gasteiger partial charge on any atom is -0.478 e. The number of carbonyl (C=O) groups excluding carboxylic acids is 7. The Kier molecular flexibility index (Phi) is 14.8. The first-order chi connectivity index (χ1) is 28.8. The Morgan fingerprint density at radius 2 is 1.08 bits per heavy atom. The van der Waals surface area contributed by atoms with Gasteiger partial charge in [-0.2, -0.15) is 0 Å². The Morgan fingerprint density at radius 3 is 1.58 bits per heavy atom. The van der Waals surface area contributed by atoms with Crippen LogP contribution in [-0.2, 0) is 32.0 Å². The van der Waals surface area contributed by atoms with Crippen LogP contribution in [0.25, 0.3) is 10.9 Å². The summed E-state index contributed by atoms with van der Waals surface area (Å²) in [4.78, 5) is 111. The van der Waals surface area contributed by atoms with Crippen molar-refractivity contribution in [2.45, 2.75) is 58.8 Å². The summed E-state index contributed by atoms with van der Waals surface area (Å²) in [5.74, 6) is -2.96. The van der Waals surface area contributed by atoms with E-state index >= 15 is 0 Å². The van der Waals surface area contributed by atoms with Gasteiger partial charge >= 0.3 is 23.5 Å². The molecule has 7 rings (SSSR count). The number of benzene rings is 4. The number of imide groups is 2. The number of rotatable bonds is 13. The molecule has 0 unspecified atom stereocenters. The van der Waals surface area contributed by atoms with Gasteiger partial charge in [-0.1, -0.05) is 54.6 Å². The molecule has 0 fully saturated rings. The standard InChI is InChI=1S/C21H19NO5.C20H16N2O4.C4H6O3/c23-15(13-14-7-1-2-9-16(14)21(26)27)8-5-6-12-22-19(24)17-10-3-4-11-18(17)20(22)25;23-18-13-7-1-2-8-14(13)19(24)22(18)12-6-5-11-17-21-16-10-4-3-9-15(16)20(25)26-17;1-3(5)7-4(2)6/h1-4,7,9-11H,5-6,8,12-13H2,(H,26,27);1-4,7-10H,5-6,11-12H2;1-2H3. The smallest absolute Gasteiger partial charge is 0.346 e. The predicted molar refractivity (Wildman–Crippen MR) is 215 cm³/mol. The molecular weight excluding hydrogens is 775 g/mol. The summed E-state index contributed by atoms with van der Waals surface area (Å²) in [5, 5.41) is 9.62. The minimum absolute atomic E-state index is 0.0638. The number of aromatic nitrogens is 1. The lowest BCUT2D eigenvalue weighted by atomic mass is 10.00. The van der Waals surface area contributed by atoms with Gasteiger partial charge in [0.1, 0.15) is 5.78 Å². The largest absolute Gasteiger partial charge is 0.478 e. The molecular formula is C45H41N3O12. The molecule has 15 nitrogen and oxygen atoms in total. The van der Waals surface area contributed by atoms with E-state index in [1.807, 2.05) is 6.07 Å². The van der Waals surface area contributed by atoms with Gasteiger partial charge in [0.05, 0.1) is 38.7 Å². The fourth-order valence-electron chi connectivity index (χ4n) is 6.58. The third-order valence-corrected chi connectivity index (χ3v) is 9.37. The van der Waals surface area contributed by atoms with Crippen LogP contribution in [0.1, 0.15) is 109 Å². The third-order valence-electron chi connectivity index (χ3n) is 9.37. The molecule has 60 heavy (non-hydrogen) atoms. The van der Waals surface area contributed by atoms with Gasteiger partial charge in [0.15, 0.2) is 5.89 Å². The molecule has 4 aromatic carbocycles. The monoisotopic (exact) mass is 815 g/mol. The Morgan fingerprint density at radius 1 is 0.617 bits per heavy atom. The van der Waals surface area contributed by atoms with Crippen molar-refractivity contribution in [2.75, 3.05) is 13.1 Å². The molecule has 0 bridgehead atoms. The van der Waals surface area contributed by atoms with Gasteiger partial charge in [0.25, 0.3) is 23.6 Å². The number of carboxylic acid groups (broad SMARTS) is 1. The van der Waals surface area contributed by atoms with Gasteiger partial charge in [-0.15, -0.1) is 0 Å². The maximum atomic E-state index is 12.3. The predicted octanol–water partition coefficient (Wildman–Crippen LogP) is 5.87. The number of ether oxygens (including phenoxy) is 1. The highest BCUT2D eigenvalue weighted by Crippen LogP contribution is 2.24. The van der Waals surface area contributed by atoms with Crippen LogP contribution in [0, 0.1) is 0 Å². The van der Waals surface area contributed by atoms with Crippen molar-refractivity contribution in [1.82, 2.24) is 14.8 Å². The van der Waals surface area contributed by atoms with Gasteiger partial charge in [-0.3, -0.25) is 43.4 Å². The van der Waals surface area contributed by atoms with Crippen LogP contribution in [-0.4, -0.2) is 80.3 Å². The maximum absolute atomic E-state index is 12.3. The number of fused-ring (bicyclic) bond motifs is 3. The lowest BCUT2D eigenvalue weighted by molar-refractivity contribution is -0.156. The van der Waals surface area contributed by atoms with Crippen molar-refractivity contribution in [1.29, 1.82) is 0 Å². The quantitative estimate of drug-likeness (QED) is 0.0638. The van der Waals surface area contributed by atoms with E-state index in [9.17, 15) is 43.2 Å². The highest BCUT2D eigenvalue weighted by atomic mass is 16.6. The molecule has 5 aromatic rings. The molecule has 15 heteroatoms. The molecule has 2 aliphatic rings. The number of Topliss-reactive ketones (excluding diaryl/α,β-unsaturated/α-hetero) is 1. The first-order valence-electron chi connectivity index (χ1n) is 19.1. The van der Waals surface area contributed by atoms with E-state index in [1.54, 1.807) is 84.9 Å². The summed E-state index contributed by atoms with van der Waals surface area (Å²) < 4.78 is 9.21. The summed E-state index contributed by atoms with van der Waals surface area (Å²) in [6.07, 6.45) is 3.14. The number of aromatic carboxylic acids is 1. The van der Waals surface area contributed by atoms with E-state index in [1.165, 1.54) is 29.7 Å². The molecule has 308 valence electrons. The lowest BCUT2D eigenvalue weighted by Crippen LogP contribution is -2.30. The number of esters is 2. The summed E-state index contributed by atoms with van der Waals surface area (Å²) in [7, 11) is 0. The highest BCUT2D eigenvalue weighted by molar-refractivity contribution is 6.22. The lowest BCUT2D eigenvalue weighted by Gasteiger charge is -2.13. The van der Waals surface area contributed by atoms with Gasteiger partial charge in [-0.05, 0) is 73.7 Å². The highest BCUT2D eigenvalue weighted by Gasteiger charge is 2.35. The minimum atomic E-state index is -1.05. The Balaban J connectivity index is 0.000000197. The average Bonchev–Trinajstić information content (AvgIpc) is 3.61. The molecule has 0 spiro atoms. The van der Waals surface area contributed by atoms with Crippen molar-refractivity contribution < 1.29 is 52.6 Å². The summed E-state index contributed by atoms with van der Waals surface area (Å²) in [6.45, 7) is 2.97. The zero-order valence-electron chi connectivity index (χ0n) is 32.9. The maximum Gasteiger partial charge on any atom is 0.346 e. The molecule has 0 radical (unpaired) electrons. The van der Waals surface area contributed by atoms with Crippen LogP contribution < -0.4 is 5.63 Å². The summed E-state index contributed by atoms with van der Waals surface area (Å²) in [5.41, 5.74) is 2.60. The SMILES string of the molecule is CC(=O)OC(C)=O.O=C(CCCCN1C(=O)c2ccccc2C1=O)Cc1ccccc1C(=O)O.O=C1c2ccccc2C(=O)N1CCCCc1nc2ccccc2c(=O)o1. The van der Waals surface area contributed by atoms with Crippen LogP contribution in [0.2, 0.25) is 0 Å². The van der Waals surface area contributed by atoms with Crippen LogP contribution in [0.3, 0.4) is 0 Å². The number of hydrogen-bond donors (Lipinski definition) is 1. The number of nitrogens with zero attached hydrogens (tertiary/aromatic N) is 3. The van der Waals surface area contributed by atoms with Crippen molar-refractivity contribution in [2.24, 2.45) is 0 Å². The number of carboxylic acids is 1. The number of aryl methyl sites for hydroxylation is 1. The van der Waals surface area contributed by atoms with E-state index in [-0.39, 0.29) is 54.4 Å². The summed E-state index contributed by atoms with van der Waals surface area (Å²) >= 11 is 0. The number of amides is 4. The molecule has 2 aliphatic heterocycles. The average molecular weight is 816 g/mol. The first kappa shape index (κ1) is 43.7. The van der Waals surface area contributed by atoms with Gasteiger partial charge < -0.3 is 14.3 Å². The van der Waals surface area contributed by atoms with Crippen LogP contribution in [0.4, 0.5) is 0 Å². The van der Waals surface area contributed by atoms with Crippen molar-refractivity contribution >= 4 is 58.2 Å². The van der Waals surface area contributed by atoms with E-state index in [4.69, 9.17) is 9.52 Å². The van der Waals surface area contributed by atoms with Gasteiger partial charge in [-0.25, -0.2) is 14.6 Å². The molecule has 1 N–H and O–H groups in total. The van der Waals surface area contributed by atoms with Crippen LogP contribution in [0.5, 0.6) is 0 Å². The summed E-state index contributed by atoms with van der Waals surface area (Å²) in [6, 6.07) is 27.1. The van der Waals surface area contributed by atoms with E-state index in [0.717, 1.165) is 0 Å². The van der Waals surface area contributed by atoms with E-state index in [2.05, 4.69) is 9.72 Å². The molecule has 0 aliphatic carbocycles. The fraction of sp³-hybridized carbons (Fsp3) is 0.244. The normalized spacial score (nSPS) is 12.6. The fourth-order valence-corrected chi connectivity index (χ4v) is 6.58. The topological polar surface area (TPSA) is 216 Å². The Bertz CT molecular complexity index is 2460. The number of ketones is 1. The first-order valence-corrected chi connectivity index (χ1v) is 19.1. The second-order valence-corrected chi connectivity index (χ2v) is 13.7. The molecule has 0 atom stereocenters. The molecule has 1 aromatic heterocycles.